The van der Waals surface area contributed by atoms with Gasteiger partial charge in [0.15, 0.2) is 0 Å². The Balaban J connectivity index is 1.47. The predicted octanol–water partition coefficient (Wildman–Crippen LogP) is 4.84. The number of benzene rings is 2. The molecule has 156 valence electrons. The van der Waals surface area contributed by atoms with Gasteiger partial charge in [0.25, 0.3) is 0 Å². The van der Waals surface area contributed by atoms with Crippen molar-refractivity contribution in [2.75, 3.05) is 31.1 Å². The third-order valence-corrected chi connectivity index (χ3v) is 6.47. The molecule has 5 nitrogen and oxygen atoms in total. The van der Waals surface area contributed by atoms with Crippen molar-refractivity contribution in [1.29, 1.82) is 5.26 Å². The number of fused-ring (bicyclic) bond motifs is 1. The zero-order valence-electron chi connectivity index (χ0n) is 17.9. The van der Waals surface area contributed by atoms with Crippen molar-refractivity contribution in [3.05, 3.63) is 52.5 Å². The number of para-hydroxylation sites is 1. The summed E-state index contributed by atoms with van der Waals surface area (Å²) in [5.41, 5.74) is 3.91. The van der Waals surface area contributed by atoms with E-state index in [-0.39, 0.29) is 6.10 Å². The summed E-state index contributed by atoms with van der Waals surface area (Å²) in [7, 11) is 0. The molecule has 1 saturated heterocycles. The van der Waals surface area contributed by atoms with Gasteiger partial charge >= 0.3 is 0 Å². The molecular weight excluding hydrogens is 392 g/mol. The van der Waals surface area contributed by atoms with Gasteiger partial charge < -0.3 is 9.64 Å². The molecule has 3 aromatic rings. The summed E-state index contributed by atoms with van der Waals surface area (Å²) in [5, 5.41) is 10.9. The third-order valence-electron chi connectivity index (χ3n) is 5.45. The molecule has 6 heteroatoms. The van der Waals surface area contributed by atoms with Crippen LogP contribution in [0.1, 0.15) is 36.9 Å². The smallest absolute Gasteiger partial charge is 0.125 e. The summed E-state index contributed by atoms with van der Waals surface area (Å²) < 4.78 is 7.29. The second-order valence-corrected chi connectivity index (χ2v) is 9.06. The number of piperazine rings is 1. The van der Waals surface area contributed by atoms with E-state index in [2.05, 4.69) is 47.1 Å². The fraction of sp³-hybridized carbons (Fsp3) is 0.417. The summed E-state index contributed by atoms with van der Waals surface area (Å²) in [6, 6.07) is 14.8. The maximum Gasteiger partial charge on any atom is 0.125 e. The first-order chi connectivity index (χ1) is 14.6. The maximum absolute atomic E-state index is 9.72. The van der Waals surface area contributed by atoms with E-state index in [4.69, 9.17) is 9.72 Å². The molecular formula is C24H28N4OS. The van der Waals surface area contributed by atoms with Crippen LogP contribution in [-0.4, -0.2) is 42.2 Å². The highest BCUT2D eigenvalue weighted by atomic mass is 32.1. The minimum absolute atomic E-state index is 0.113. The van der Waals surface area contributed by atoms with E-state index in [1.54, 1.807) is 11.3 Å². The summed E-state index contributed by atoms with van der Waals surface area (Å²) in [6.07, 6.45) is 0.967. The standard InChI is InChI=1S/C24H28N4OS/c1-4-18-13-19(15-25)21(14-22(18)29-17(2)3)28-11-9-27(10-12-28)16-24-26-20-7-5-6-8-23(20)30-24/h5-8,13-14,17H,4,9-12,16H2,1-3H3. The lowest BCUT2D eigenvalue weighted by molar-refractivity contribution is 0.239. The second kappa shape index (κ2) is 9.03. The zero-order valence-corrected chi connectivity index (χ0v) is 18.7. The Morgan fingerprint density at radius 2 is 1.93 bits per heavy atom. The van der Waals surface area contributed by atoms with Crippen molar-refractivity contribution in [2.24, 2.45) is 0 Å². The van der Waals surface area contributed by atoms with Crippen molar-refractivity contribution in [3.63, 3.8) is 0 Å². The highest BCUT2D eigenvalue weighted by Crippen LogP contribution is 2.32. The molecule has 1 aliphatic heterocycles. The average molecular weight is 421 g/mol. The van der Waals surface area contributed by atoms with E-state index in [1.807, 2.05) is 26.0 Å². The molecule has 2 heterocycles. The number of aryl methyl sites for hydroxylation is 1. The Morgan fingerprint density at radius 3 is 2.60 bits per heavy atom. The van der Waals surface area contributed by atoms with Gasteiger partial charge in [0.2, 0.25) is 0 Å². The van der Waals surface area contributed by atoms with Gasteiger partial charge in [-0.2, -0.15) is 5.26 Å². The normalized spacial score (nSPS) is 15.0. The number of aromatic nitrogens is 1. The van der Waals surface area contributed by atoms with Crippen LogP contribution in [0.2, 0.25) is 0 Å². The number of nitrogens with zero attached hydrogens (tertiary/aromatic N) is 4. The second-order valence-electron chi connectivity index (χ2n) is 7.95. The van der Waals surface area contributed by atoms with Crippen molar-refractivity contribution in [3.8, 4) is 11.8 Å². The minimum atomic E-state index is 0.113. The van der Waals surface area contributed by atoms with Gasteiger partial charge in [-0.3, -0.25) is 4.90 Å². The van der Waals surface area contributed by atoms with Gasteiger partial charge in [0, 0.05) is 32.2 Å². The fourth-order valence-corrected chi connectivity index (χ4v) is 4.94. The predicted molar refractivity (Wildman–Crippen MR) is 123 cm³/mol. The summed E-state index contributed by atoms with van der Waals surface area (Å²) in [6.45, 7) is 10.8. The van der Waals surface area contributed by atoms with E-state index < -0.39 is 0 Å². The average Bonchev–Trinajstić information content (AvgIpc) is 3.16. The van der Waals surface area contributed by atoms with Crippen LogP contribution in [0.3, 0.4) is 0 Å². The largest absolute Gasteiger partial charge is 0.491 e. The van der Waals surface area contributed by atoms with Gasteiger partial charge in [0.1, 0.15) is 16.8 Å². The Hall–Kier alpha value is -2.62. The van der Waals surface area contributed by atoms with Crippen LogP contribution >= 0.6 is 11.3 Å². The van der Waals surface area contributed by atoms with E-state index >= 15 is 0 Å². The monoisotopic (exact) mass is 420 g/mol. The molecule has 1 fully saturated rings. The Bertz CT molecular complexity index is 1030. The molecule has 0 amide bonds. The molecule has 30 heavy (non-hydrogen) atoms. The van der Waals surface area contributed by atoms with Gasteiger partial charge in [-0.25, -0.2) is 4.98 Å². The van der Waals surface area contributed by atoms with E-state index in [0.717, 1.165) is 67.2 Å². The molecule has 1 aromatic heterocycles. The van der Waals surface area contributed by atoms with E-state index in [0.29, 0.717) is 0 Å². The topological polar surface area (TPSA) is 52.4 Å². The number of hydrogen-bond acceptors (Lipinski definition) is 6. The van der Waals surface area contributed by atoms with Crippen LogP contribution in [-0.2, 0) is 13.0 Å². The third kappa shape index (κ3) is 4.43. The summed E-state index contributed by atoms with van der Waals surface area (Å²) >= 11 is 1.78. The van der Waals surface area contributed by atoms with Crippen molar-refractivity contribution in [1.82, 2.24) is 9.88 Å². The highest BCUT2D eigenvalue weighted by Gasteiger charge is 2.22. The number of rotatable bonds is 6. The number of nitriles is 1. The lowest BCUT2D eigenvalue weighted by Gasteiger charge is -2.36. The molecule has 0 unspecified atom stereocenters. The molecule has 4 rings (SSSR count). The zero-order chi connectivity index (χ0) is 21.1. The van der Waals surface area contributed by atoms with Gasteiger partial charge in [-0.1, -0.05) is 19.1 Å². The number of anilines is 1. The molecule has 0 radical (unpaired) electrons. The van der Waals surface area contributed by atoms with Gasteiger partial charge in [0.05, 0.1) is 34.1 Å². The van der Waals surface area contributed by atoms with E-state index in [9.17, 15) is 5.26 Å². The van der Waals surface area contributed by atoms with Crippen molar-refractivity contribution in [2.45, 2.75) is 39.8 Å². The van der Waals surface area contributed by atoms with E-state index in [1.165, 1.54) is 9.71 Å². The number of hydrogen-bond donors (Lipinski definition) is 0. The quantitative estimate of drug-likeness (QED) is 0.571. The molecule has 0 N–H and O–H groups in total. The van der Waals surface area contributed by atoms with Crippen LogP contribution in [0, 0.1) is 11.3 Å². The van der Waals surface area contributed by atoms with Crippen LogP contribution in [0.5, 0.6) is 5.75 Å². The molecule has 1 aliphatic rings. The number of ether oxygens (including phenoxy) is 1. The van der Waals surface area contributed by atoms with Crippen LogP contribution in [0.4, 0.5) is 5.69 Å². The molecule has 0 saturated carbocycles. The fourth-order valence-electron chi connectivity index (χ4n) is 3.93. The number of thiazole rings is 1. The summed E-state index contributed by atoms with van der Waals surface area (Å²) in [4.78, 5) is 9.54. The van der Waals surface area contributed by atoms with Crippen molar-refractivity contribution < 1.29 is 4.74 Å². The molecule has 0 bridgehead atoms. The van der Waals surface area contributed by atoms with Gasteiger partial charge in [-0.05, 0) is 44.0 Å². The maximum atomic E-state index is 9.72. The first-order valence-corrected chi connectivity index (χ1v) is 11.4. The molecule has 0 aliphatic carbocycles. The minimum Gasteiger partial charge on any atom is -0.491 e. The first-order valence-electron chi connectivity index (χ1n) is 10.6. The van der Waals surface area contributed by atoms with Gasteiger partial charge in [-0.15, -0.1) is 11.3 Å². The lowest BCUT2D eigenvalue weighted by Crippen LogP contribution is -2.46. The first kappa shape index (κ1) is 20.6. The van der Waals surface area contributed by atoms with Crippen LogP contribution in [0.15, 0.2) is 36.4 Å². The molecule has 2 aromatic carbocycles. The van der Waals surface area contributed by atoms with Crippen LogP contribution in [0.25, 0.3) is 10.2 Å². The van der Waals surface area contributed by atoms with Crippen molar-refractivity contribution >= 4 is 27.2 Å². The highest BCUT2D eigenvalue weighted by molar-refractivity contribution is 7.18. The summed E-state index contributed by atoms with van der Waals surface area (Å²) in [5.74, 6) is 0.901. The van der Waals surface area contributed by atoms with Crippen LogP contribution < -0.4 is 9.64 Å². The Morgan fingerprint density at radius 1 is 1.17 bits per heavy atom. The molecule has 0 spiro atoms. The lowest BCUT2D eigenvalue weighted by atomic mass is 10.0. The molecule has 0 atom stereocenters. The Labute approximate surface area is 182 Å². The SMILES string of the molecule is CCc1cc(C#N)c(N2CCN(Cc3nc4ccccc4s3)CC2)cc1OC(C)C. The Kier molecular flexibility index (Phi) is 6.21.